The van der Waals surface area contributed by atoms with Crippen LogP contribution in [-0.4, -0.2) is 23.5 Å². The summed E-state index contributed by atoms with van der Waals surface area (Å²) in [5.74, 6) is -0.422. The van der Waals surface area contributed by atoms with Crippen LogP contribution in [0.1, 0.15) is 29.3 Å². The molecular weight excluding hydrogens is 398 g/mol. The quantitative estimate of drug-likeness (QED) is 0.381. The van der Waals surface area contributed by atoms with Gasteiger partial charge in [0, 0.05) is 11.1 Å². The van der Waals surface area contributed by atoms with Gasteiger partial charge in [0.15, 0.2) is 5.11 Å². The molecule has 8 heteroatoms. The van der Waals surface area contributed by atoms with Crippen LogP contribution in [-0.2, 0) is 4.79 Å². The number of thiocarbonyl (C=S) groups is 1. The first-order valence-corrected chi connectivity index (χ1v) is 9.35. The fourth-order valence-corrected chi connectivity index (χ4v) is 2.48. The zero-order chi connectivity index (χ0) is 20.4. The fraction of sp³-hybridized carbons (Fsp3) is 0.150. The molecule has 0 saturated carbocycles. The molecule has 28 heavy (non-hydrogen) atoms. The molecule has 2 aromatic carbocycles. The molecule has 0 unspecified atom stereocenters. The normalized spacial score (nSPS) is 10.4. The minimum atomic E-state index is -0.460. The number of hydrazine groups is 1. The topological polar surface area (TPSA) is 79.5 Å². The van der Waals surface area contributed by atoms with E-state index in [0.29, 0.717) is 28.5 Å². The van der Waals surface area contributed by atoms with E-state index in [-0.39, 0.29) is 5.11 Å². The number of carbonyl (C=O) groups is 2. The van der Waals surface area contributed by atoms with Crippen molar-refractivity contribution in [3.05, 3.63) is 70.8 Å². The van der Waals surface area contributed by atoms with E-state index in [1.165, 1.54) is 6.08 Å². The Balaban J connectivity index is 1.86. The molecule has 3 N–H and O–H groups in total. The summed E-state index contributed by atoms with van der Waals surface area (Å²) < 4.78 is 5.55. The minimum absolute atomic E-state index is 0.0471. The third-order valence-corrected chi connectivity index (χ3v) is 3.99. The van der Waals surface area contributed by atoms with Crippen molar-refractivity contribution in [1.82, 2.24) is 16.2 Å². The Labute approximate surface area is 173 Å². The third-order valence-electron chi connectivity index (χ3n) is 3.44. The molecule has 0 atom stereocenters. The van der Waals surface area contributed by atoms with Gasteiger partial charge in [-0.1, -0.05) is 48.9 Å². The molecule has 0 bridgehead atoms. The van der Waals surface area contributed by atoms with Crippen LogP contribution in [0.15, 0.2) is 54.6 Å². The van der Waals surface area contributed by atoms with Crippen LogP contribution in [0.5, 0.6) is 5.75 Å². The van der Waals surface area contributed by atoms with Crippen molar-refractivity contribution < 1.29 is 14.3 Å². The Morgan fingerprint density at radius 1 is 1.11 bits per heavy atom. The lowest BCUT2D eigenvalue weighted by molar-refractivity contribution is -0.115. The molecule has 0 aliphatic heterocycles. The molecule has 2 rings (SSSR count). The number of hydrogen-bond acceptors (Lipinski definition) is 4. The average molecular weight is 418 g/mol. The first-order chi connectivity index (χ1) is 13.5. The SMILES string of the molecule is CCCOc1ccccc1C(=O)NNC(=S)NC(=O)/C=C/c1ccccc1Cl. The van der Waals surface area contributed by atoms with Crippen LogP contribution in [0.25, 0.3) is 6.08 Å². The Bertz CT molecular complexity index is 887. The number of nitrogens with one attached hydrogen (secondary N) is 3. The van der Waals surface area contributed by atoms with Crippen molar-refractivity contribution in [2.24, 2.45) is 0 Å². The van der Waals surface area contributed by atoms with Gasteiger partial charge in [-0.2, -0.15) is 0 Å². The van der Waals surface area contributed by atoms with Gasteiger partial charge in [-0.05, 0) is 48.5 Å². The molecular formula is C20H20ClN3O3S. The Morgan fingerprint density at radius 3 is 2.57 bits per heavy atom. The maximum absolute atomic E-state index is 12.3. The third kappa shape index (κ3) is 6.68. The van der Waals surface area contributed by atoms with Gasteiger partial charge in [0.05, 0.1) is 12.2 Å². The zero-order valence-electron chi connectivity index (χ0n) is 15.2. The van der Waals surface area contributed by atoms with E-state index in [1.807, 2.05) is 13.0 Å². The van der Waals surface area contributed by atoms with Gasteiger partial charge < -0.3 is 4.74 Å². The minimum Gasteiger partial charge on any atom is -0.493 e. The Morgan fingerprint density at radius 2 is 1.82 bits per heavy atom. The summed E-state index contributed by atoms with van der Waals surface area (Å²) in [6.07, 6.45) is 3.69. The van der Waals surface area contributed by atoms with Crippen molar-refractivity contribution in [1.29, 1.82) is 0 Å². The first-order valence-electron chi connectivity index (χ1n) is 8.57. The van der Waals surface area contributed by atoms with E-state index in [0.717, 1.165) is 6.42 Å². The lowest BCUT2D eigenvalue weighted by atomic mass is 10.2. The second-order valence-corrected chi connectivity index (χ2v) is 6.41. The predicted octanol–water partition coefficient (Wildman–Crippen LogP) is 3.48. The van der Waals surface area contributed by atoms with Crippen LogP contribution in [0, 0.1) is 0 Å². The lowest BCUT2D eigenvalue weighted by Crippen LogP contribution is -2.48. The molecule has 2 amide bonds. The maximum Gasteiger partial charge on any atom is 0.273 e. The maximum atomic E-state index is 12.3. The van der Waals surface area contributed by atoms with E-state index in [1.54, 1.807) is 48.5 Å². The van der Waals surface area contributed by atoms with Gasteiger partial charge in [0.2, 0.25) is 5.91 Å². The molecule has 0 fully saturated rings. The molecule has 0 aromatic heterocycles. The van der Waals surface area contributed by atoms with Gasteiger partial charge in [0.25, 0.3) is 5.91 Å². The van der Waals surface area contributed by atoms with Gasteiger partial charge >= 0.3 is 0 Å². The fourth-order valence-electron chi connectivity index (χ4n) is 2.13. The van der Waals surface area contributed by atoms with E-state index >= 15 is 0 Å². The van der Waals surface area contributed by atoms with E-state index in [4.69, 9.17) is 28.6 Å². The summed E-state index contributed by atoms with van der Waals surface area (Å²) in [6.45, 7) is 2.48. The number of ether oxygens (including phenoxy) is 1. The van der Waals surface area contributed by atoms with Gasteiger partial charge in [-0.3, -0.25) is 25.8 Å². The predicted molar refractivity (Wildman–Crippen MR) is 114 cm³/mol. The Hall–Kier alpha value is -2.90. The second kappa shape index (κ2) is 11.1. The Kier molecular flexibility index (Phi) is 8.45. The van der Waals surface area contributed by atoms with Crippen molar-refractivity contribution in [2.45, 2.75) is 13.3 Å². The molecule has 0 heterocycles. The average Bonchev–Trinajstić information content (AvgIpc) is 2.70. The molecule has 0 aliphatic carbocycles. The number of carbonyl (C=O) groups excluding carboxylic acids is 2. The number of halogens is 1. The number of hydrogen-bond donors (Lipinski definition) is 3. The van der Waals surface area contributed by atoms with E-state index < -0.39 is 11.8 Å². The smallest absolute Gasteiger partial charge is 0.273 e. The summed E-state index contributed by atoms with van der Waals surface area (Å²) in [6, 6.07) is 14.0. The summed E-state index contributed by atoms with van der Waals surface area (Å²) in [5.41, 5.74) is 5.98. The van der Waals surface area contributed by atoms with Crippen molar-refractivity contribution in [3.8, 4) is 5.75 Å². The molecule has 6 nitrogen and oxygen atoms in total. The number of rotatable bonds is 6. The van der Waals surface area contributed by atoms with Crippen LogP contribution in [0.4, 0.5) is 0 Å². The standard InChI is InChI=1S/C20H20ClN3O3S/c1-2-13-27-17-10-6-4-8-15(17)19(26)23-24-20(28)22-18(25)12-11-14-7-3-5-9-16(14)21/h3-12H,2,13H2,1H3,(H,23,26)(H2,22,24,25,28)/b12-11+. The van der Waals surface area contributed by atoms with Gasteiger partial charge in [0.1, 0.15) is 5.75 Å². The molecule has 0 radical (unpaired) electrons. The lowest BCUT2D eigenvalue weighted by Gasteiger charge is -2.12. The number of para-hydroxylation sites is 1. The summed E-state index contributed by atoms with van der Waals surface area (Å²) in [5, 5.41) is 2.91. The molecule has 146 valence electrons. The van der Waals surface area contributed by atoms with Crippen molar-refractivity contribution in [3.63, 3.8) is 0 Å². The highest BCUT2D eigenvalue weighted by Crippen LogP contribution is 2.18. The first kappa shape index (κ1) is 21.4. The number of benzene rings is 2. The number of amides is 2. The molecule has 2 aromatic rings. The van der Waals surface area contributed by atoms with Gasteiger partial charge in [-0.15, -0.1) is 0 Å². The van der Waals surface area contributed by atoms with Gasteiger partial charge in [-0.25, -0.2) is 0 Å². The van der Waals surface area contributed by atoms with Crippen LogP contribution < -0.4 is 20.9 Å². The summed E-state index contributed by atoms with van der Waals surface area (Å²) in [4.78, 5) is 24.2. The monoisotopic (exact) mass is 417 g/mol. The summed E-state index contributed by atoms with van der Waals surface area (Å²) >= 11 is 11.0. The summed E-state index contributed by atoms with van der Waals surface area (Å²) in [7, 11) is 0. The highest BCUT2D eigenvalue weighted by Gasteiger charge is 2.12. The second-order valence-electron chi connectivity index (χ2n) is 5.60. The van der Waals surface area contributed by atoms with Crippen molar-refractivity contribution in [2.75, 3.05) is 6.61 Å². The van der Waals surface area contributed by atoms with Crippen molar-refractivity contribution >= 4 is 46.8 Å². The highest BCUT2D eigenvalue weighted by atomic mass is 35.5. The molecule has 0 aliphatic rings. The molecule has 0 saturated heterocycles. The molecule has 0 spiro atoms. The largest absolute Gasteiger partial charge is 0.493 e. The highest BCUT2D eigenvalue weighted by molar-refractivity contribution is 7.80. The van der Waals surface area contributed by atoms with Crippen LogP contribution in [0.3, 0.4) is 0 Å². The van der Waals surface area contributed by atoms with E-state index in [9.17, 15) is 9.59 Å². The zero-order valence-corrected chi connectivity index (χ0v) is 16.8. The van der Waals surface area contributed by atoms with E-state index in [2.05, 4.69) is 16.2 Å². The van der Waals surface area contributed by atoms with Crippen LogP contribution >= 0.6 is 23.8 Å². The van der Waals surface area contributed by atoms with Crippen LogP contribution in [0.2, 0.25) is 5.02 Å².